The number of carbonyl (C=O) groups is 2. The van der Waals surface area contributed by atoms with Gasteiger partial charge in [-0.1, -0.05) is 32.0 Å². The van der Waals surface area contributed by atoms with Crippen molar-refractivity contribution in [2.75, 3.05) is 10.6 Å². The molecule has 3 rings (SSSR count). The highest BCUT2D eigenvalue weighted by Gasteiger charge is 2.12. The number of hydrogen-bond donors (Lipinski definition) is 2. The summed E-state index contributed by atoms with van der Waals surface area (Å²) in [5.74, 6) is -0.0825. The van der Waals surface area contributed by atoms with Gasteiger partial charge in [0.2, 0.25) is 5.91 Å². The topological polar surface area (TPSA) is 88.9 Å². The summed E-state index contributed by atoms with van der Waals surface area (Å²) in [6, 6.07) is 16.3. The molecule has 0 saturated carbocycles. The van der Waals surface area contributed by atoms with Crippen molar-refractivity contribution in [3.8, 4) is 5.69 Å². The van der Waals surface area contributed by atoms with Crippen LogP contribution in [0.4, 0.5) is 11.4 Å². The average molecular weight is 363 g/mol. The summed E-state index contributed by atoms with van der Waals surface area (Å²) >= 11 is 0. The Morgan fingerprint density at radius 3 is 2.22 bits per heavy atom. The lowest BCUT2D eigenvalue weighted by molar-refractivity contribution is -0.116. The van der Waals surface area contributed by atoms with Crippen LogP contribution >= 0.6 is 0 Å². The van der Waals surface area contributed by atoms with Crippen LogP contribution in [0.3, 0.4) is 0 Å². The monoisotopic (exact) mass is 363 g/mol. The van der Waals surface area contributed by atoms with Crippen molar-refractivity contribution in [3.63, 3.8) is 0 Å². The number of benzene rings is 2. The molecule has 2 amide bonds. The zero-order valence-electron chi connectivity index (χ0n) is 15.2. The van der Waals surface area contributed by atoms with E-state index in [9.17, 15) is 9.59 Å². The van der Waals surface area contributed by atoms with Crippen LogP contribution in [-0.4, -0.2) is 26.8 Å². The molecule has 0 saturated heterocycles. The number of anilines is 2. The molecule has 0 aliphatic rings. The van der Waals surface area contributed by atoms with Crippen LogP contribution in [-0.2, 0) is 4.79 Å². The lowest BCUT2D eigenvalue weighted by Crippen LogP contribution is -2.14. The van der Waals surface area contributed by atoms with Crippen LogP contribution in [0.15, 0.2) is 60.8 Å². The van der Waals surface area contributed by atoms with Gasteiger partial charge in [0.05, 0.1) is 11.9 Å². The molecule has 1 aromatic heterocycles. The number of para-hydroxylation sites is 1. The Morgan fingerprint density at radius 1 is 0.963 bits per heavy atom. The van der Waals surface area contributed by atoms with E-state index < -0.39 is 0 Å². The average Bonchev–Trinajstić information content (AvgIpc) is 3.14. The molecule has 2 aromatic carbocycles. The van der Waals surface area contributed by atoms with E-state index >= 15 is 0 Å². The molecule has 2 N–H and O–H groups in total. The predicted molar refractivity (Wildman–Crippen MR) is 104 cm³/mol. The highest BCUT2D eigenvalue weighted by Crippen LogP contribution is 2.15. The second-order valence-corrected chi connectivity index (χ2v) is 6.53. The maximum atomic E-state index is 12.3. The fourth-order valence-electron chi connectivity index (χ4n) is 2.47. The van der Waals surface area contributed by atoms with Crippen molar-refractivity contribution >= 4 is 23.2 Å². The van der Waals surface area contributed by atoms with Crippen LogP contribution in [0.2, 0.25) is 0 Å². The number of carbonyl (C=O) groups excluding carboxylic acids is 2. The summed E-state index contributed by atoms with van der Waals surface area (Å²) in [7, 11) is 0. The molecule has 27 heavy (non-hydrogen) atoms. The molecule has 0 bridgehead atoms. The number of hydrogen-bond acceptors (Lipinski definition) is 4. The number of aromatic nitrogens is 3. The molecular formula is C20H21N5O2. The number of nitrogens with one attached hydrogen (secondary N) is 2. The molecule has 138 valence electrons. The third-order valence-corrected chi connectivity index (χ3v) is 3.73. The Bertz CT molecular complexity index is 917. The minimum atomic E-state index is -0.353. The normalized spacial score (nSPS) is 10.6. The minimum absolute atomic E-state index is 0.0284. The molecule has 0 aliphatic carbocycles. The second-order valence-electron chi connectivity index (χ2n) is 6.53. The third kappa shape index (κ3) is 5.01. The predicted octanol–water partition coefficient (Wildman–Crippen LogP) is 3.50. The van der Waals surface area contributed by atoms with E-state index in [1.165, 1.54) is 11.0 Å². The first-order valence-corrected chi connectivity index (χ1v) is 8.70. The third-order valence-electron chi connectivity index (χ3n) is 3.73. The number of nitrogens with zero attached hydrogens (tertiary/aromatic N) is 3. The highest BCUT2D eigenvalue weighted by atomic mass is 16.2. The van der Waals surface area contributed by atoms with Gasteiger partial charge in [-0.2, -0.15) is 9.90 Å². The van der Waals surface area contributed by atoms with Gasteiger partial charge in [0.25, 0.3) is 5.91 Å². The largest absolute Gasteiger partial charge is 0.326 e. The standard InChI is InChI=1S/C20H21N5O2/c1-14(2)12-19(26)22-15-8-10-16(11-9-15)23-20(27)18-13-21-25(24-18)17-6-4-3-5-7-17/h3-11,13-14H,12H2,1-2H3,(H,22,26)(H,23,27). The van der Waals surface area contributed by atoms with E-state index in [2.05, 4.69) is 20.8 Å². The van der Waals surface area contributed by atoms with Crippen LogP contribution in [0.1, 0.15) is 30.8 Å². The van der Waals surface area contributed by atoms with Crippen molar-refractivity contribution in [2.45, 2.75) is 20.3 Å². The molecule has 0 radical (unpaired) electrons. The maximum absolute atomic E-state index is 12.3. The fraction of sp³-hybridized carbons (Fsp3) is 0.200. The van der Waals surface area contributed by atoms with E-state index in [1.807, 2.05) is 44.2 Å². The molecular weight excluding hydrogens is 342 g/mol. The molecule has 0 aliphatic heterocycles. The van der Waals surface area contributed by atoms with Gasteiger partial charge >= 0.3 is 0 Å². The van der Waals surface area contributed by atoms with E-state index in [1.54, 1.807) is 24.3 Å². The van der Waals surface area contributed by atoms with Crippen molar-refractivity contribution in [3.05, 3.63) is 66.5 Å². The lowest BCUT2D eigenvalue weighted by Gasteiger charge is -2.08. The Balaban J connectivity index is 1.61. The van der Waals surface area contributed by atoms with Gasteiger partial charge in [0, 0.05) is 17.8 Å². The number of amides is 2. The van der Waals surface area contributed by atoms with Gasteiger partial charge in [-0.25, -0.2) is 0 Å². The van der Waals surface area contributed by atoms with Gasteiger partial charge in [-0.05, 0) is 42.3 Å². The molecule has 0 atom stereocenters. The van der Waals surface area contributed by atoms with Crippen LogP contribution < -0.4 is 10.6 Å². The van der Waals surface area contributed by atoms with Gasteiger partial charge in [-0.3, -0.25) is 9.59 Å². The summed E-state index contributed by atoms with van der Waals surface area (Å²) in [4.78, 5) is 25.5. The van der Waals surface area contributed by atoms with E-state index in [0.717, 1.165) is 5.69 Å². The Kier molecular flexibility index (Phi) is 5.61. The summed E-state index contributed by atoms with van der Waals surface area (Å²) in [6.45, 7) is 3.98. The zero-order chi connectivity index (χ0) is 19.2. The molecule has 1 heterocycles. The molecule has 7 nitrogen and oxygen atoms in total. The summed E-state index contributed by atoms with van der Waals surface area (Å²) in [5.41, 5.74) is 2.29. The maximum Gasteiger partial charge on any atom is 0.277 e. The quantitative estimate of drug-likeness (QED) is 0.701. The highest BCUT2D eigenvalue weighted by molar-refractivity contribution is 6.02. The van der Waals surface area contributed by atoms with E-state index in [4.69, 9.17) is 0 Å². The number of rotatable bonds is 6. The van der Waals surface area contributed by atoms with Crippen molar-refractivity contribution < 1.29 is 9.59 Å². The van der Waals surface area contributed by atoms with E-state index in [0.29, 0.717) is 23.7 Å². The summed E-state index contributed by atoms with van der Waals surface area (Å²) in [6.07, 6.45) is 1.89. The minimum Gasteiger partial charge on any atom is -0.326 e. The van der Waals surface area contributed by atoms with Crippen molar-refractivity contribution in [1.29, 1.82) is 0 Å². The van der Waals surface area contributed by atoms with Gasteiger partial charge < -0.3 is 10.6 Å². The lowest BCUT2D eigenvalue weighted by atomic mass is 10.1. The van der Waals surface area contributed by atoms with Crippen LogP contribution in [0.5, 0.6) is 0 Å². The Hall–Kier alpha value is -3.48. The first kappa shape index (κ1) is 18.3. The SMILES string of the molecule is CC(C)CC(=O)Nc1ccc(NC(=O)c2cnn(-c3ccccc3)n2)cc1. The molecule has 0 fully saturated rings. The van der Waals surface area contributed by atoms with Crippen LogP contribution in [0.25, 0.3) is 5.69 Å². The second kappa shape index (κ2) is 8.27. The van der Waals surface area contributed by atoms with Crippen molar-refractivity contribution in [2.24, 2.45) is 5.92 Å². The molecule has 7 heteroatoms. The molecule has 0 unspecified atom stereocenters. The Morgan fingerprint density at radius 2 is 1.59 bits per heavy atom. The first-order valence-electron chi connectivity index (χ1n) is 8.70. The van der Waals surface area contributed by atoms with Gasteiger partial charge in [-0.15, -0.1) is 5.10 Å². The first-order chi connectivity index (χ1) is 13.0. The fourth-order valence-corrected chi connectivity index (χ4v) is 2.47. The van der Waals surface area contributed by atoms with Gasteiger partial charge in [0.15, 0.2) is 5.69 Å². The smallest absolute Gasteiger partial charge is 0.277 e. The summed E-state index contributed by atoms with van der Waals surface area (Å²) in [5, 5.41) is 13.9. The Labute approximate surface area is 157 Å². The molecule has 0 spiro atoms. The van der Waals surface area contributed by atoms with Crippen molar-refractivity contribution in [1.82, 2.24) is 15.0 Å². The van der Waals surface area contributed by atoms with E-state index in [-0.39, 0.29) is 17.5 Å². The van der Waals surface area contributed by atoms with Crippen LogP contribution in [0, 0.1) is 5.92 Å². The summed E-state index contributed by atoms with van der Waals surface area (Å²) < 4.78 is 0. The van der Waals surface area contributed by atoms with Gasteiger partial charge in [0.1, 0.15) is 0 Å². The zero-order valence-corrected chi connectivity index (χ0v) is 15.2. The molecule has 3 aromatic rings.